The highest BCUT2D eigenvalue weighted by Crippen LogP contribution is 2.20. The molecular weight excluding hydrogens is 289 g/mol. The first-order valence-corrected chi connectivity index (χ1v) is 6.05. The number of hydrogen-bond donors (Lipinski definition) is 1. The Hall–Kier alpha value is -0.290. The van der Waals surface area contributed by atoms with Gasteiger partial charge in [0.2, 0.25) is 0 Å². The fourth-order valence-corrected chi connectivity index (χ4v) is 2.19. The number of halogens is 1. The molecule has 3 heteroatoms. The standard InChI is InChI=1S/C11H14INO/c12-10-5-1-2-6-11(10)14-8-9-4-3-7-13-9/h1-2,5-6,9,13H,3-4,7-8H2/t9-/m0/s1. The van der Waals surface area contributed by atoms with Gasteiger partial charge in [-0.25, -0.2) is 0 Å². The van der Waals surface area contributed by atoms with Gasteiger partial charge in [-0.1, -0.05) is 12.1 Å². The predicted molar refractivity (Wildman–Crippen MR) is 65.7 cm³/mol. The van der Waals surface area contributed by atoms with Gasteiger partial charge in [-0.3, -0.25) is 0 Å². The Labute approximate surface area is 98.2 Å². The molecule has 1 N–H and O–H groups in total. The van der Waals surface area contributed by atoms with E-state index in [-0.39, 0.29) is 0 Å². The molecule has 2 rings (SSSR count). The summed E-state index contributed by atoms with van der Waals surface area (Å²) in [7, 11) is 0. The summed E-state index contributed by atoms with van der Waals surface area (Å²) >= 11 is 2.30. The molecule has 0 spiro atoms. The van der Waals surface area contributed by atoms with Gasteiger partial charge in [-0.15, -0.1) is 0 Å². The van der Waals surface area contributed by atoms with Crippen molar-refractivity contribution >= 4 is 22.6 Å². The zero-order valence-electron chi connectivity index (χ0n) is 8.00. The van der Waals surface area contributed by atoms with Crippen molar-refractivity contribution in [3.05, 3.63) is 27.8 Å². The normalized spacial score (nSPS) is 21.1. The van der Waals surface area contributed by atoms with Crippen LogP contribution in [-0.4, -0.2) is 19.2 Å². The minimum absolute atomic E-state index is 0.547. The number of hydrogen-bond acceptors (Lipinski definition) is 2. The highest BCUT2D eigenvalue weighted by atomic mass is 127. The van der Waals surface area contributed by atoms with Crippen LogP contribution in [0.3, 0.4) is 0 Å². The maximum absolute atomic E-state index is 5.75. The molecule has 1 heterocycles. The van der Waals surface area contributed by atoms with Crippen molar-refractivity contribution in [2.24, 2.45) is 0 Å². The van der Waals surface area contributed by atoms with E-state index in [2.05, 4.69) is 34.0 Å². The summed E-state index contributed by atoms with van der Waals surface area (Å²) in [5.41, 5.74) is 0. The first-order chi connectivity index (χ1) is 6.86. The Bertz CT molecular complexity index is 297. The molecule has 1 saturated heterocycles. The summed E-state index contributed by atoms with van der Waals surface area (Å²) in [5, 5.41) is 3.42. The third kappa shape index (κ3) is 2.60. The van der Waals surface area contributed by atoms with Gasteiger partial charge < -0.3 is 10.1 Å². The molecule has 0 saturated carbocycles. The van der Waals surface area contributed by atoms with Crippen LogP contribution in [0.25, 0.3) is 0 Å². The zero-order valence-corrected chi connectivity index (χ0v) is 10.2. The summed E-state index contributed by atoms with van der Waals surface area (Å²) in [5.74, 6) is 1.00. The molecule has 1 aromatic carbocycles. The average Bonchev–Trinajstić information content (AvgIpc) is 2.69. The molecule has 0 amide bonds. The topological polar surface area (TPSA) is 21.3 Å². The predicted octanol–water partition coefficient (Wildman–Crippen LogP) is 2.42. The van der Waals surface area contributed by atoms with Gasteiger partial charge in [0.25, 0.3) is 0 Å². The van der Waals surface area contributed by atoms with E-state index in [1.807, 2.05) is 18.2 Å². The third-order valence-corrected chi connectivity index (χ3v) is 3.33. The lowest BCUT2D eigenvalue weighted by Crippen LogP contribution is -2.28. The summed E-state index contributed by atoms with van der Waals surface area (Å²) < 4.78 is 6.93. The van der Waals surface area contributed by atoms with Gasteiger partial charge in [0.15, 0.2) is 0 Å². The lowest BCUT2D eigenvalue weighted by molar-refractivity contribution is 0.275. The van der Waals surface area contributed by atoms with E-state index in [4.69, 9.17) is 4.74 Å². The van der Waals surface area contributed by atoms with E-state index in [9.17, 15) is 0 Å². The van der Waals surface area contributed by atoms with Crippen LogP contribution in [0.4, 0.5) is 0 Å². The van der Waals surface area contributed by atoms with Crippen molar-refractivity contribution < 1.29 is 4.74 Å². The highest BCUT2D eigenvalue weighted by molar-refractivity contribution is 14.1. The van der Waals surface area contributed by atoms with E-state index in [0.717, 1.165) is 18.9 Å². The van der Waals surface area contributed by atoms with E-state index in [0.29, 0.717) is 6.04 Å². The molecule has 76 valence electrons. The average molecular weight is 303 g/mol. The number of ether oxygens (including phenoxy) is 1. The summed E-state index contributed by atoms with van der Waals surface area (Å²) in [6.45, 7) is 1.93. The van der Waals surface area contributed by atoms with Crippen molar-refractivity contribution in [2.75, 3.05) is 13.2 Å². The number of benzene rings is 1. The number of para-hydroxylation sites is 1. The van der Waals surface area contributed by atoms with E-state index in [1.54, 1.807) is 0 Å². The Kier molecular flexibility index (Phi) is 3.64. The maximum atomic E-state index is 5.75. The molecular formula is C11H14INO. The van der Waals surface area contributed by atoms with Crippen LogP contribution >= 0.6 is 22.6 Å². The molecule has 0 aliphatic carbocycles. The summed E-state index contributed by atoms with van der Waals surface area (Å²) in [6, 6.07) is 8.68. The van der Waals surface area contributed by atoms with Crippen molar-refractivity contribution in [2.45, 2.75) is 18.9 Å². The second kappa shape index (κ2) is 4.98. The summed E-state index contributed by atoms with van der Waals surface area (Å²) in [4.78, 5) is 0. The quantitative estimate of drug-likeness (QED) is 0.866. The third-order valence-electron chi connectivity index (χ3n) is 2.44. The van der Waals surface area contributed by atoms with E-state index >= 15 is 0 Å². The van der Waals surface area contributed by atoms with Crippen molar-refractivity contribution in [1.29, 1.82) is 0 Å². The minimum atomic E-state index is 0.547. The number of nitrogens with one attached hydrogen (secondary N) is 1. The monoisotopic (exact) mass is 303 g/mol. The first-order valence-electron chi connectivity index (χ1n) is 4.97. The molecule has 0 aromatic heterocycles. The Balaban J connectivity index is 1.88. The molecule has 14 heavy (non-hydrogen) atoms. The molecule has 1 atom stereocenters. The van der Waals surface area contributed by atoms with Crippen molar-refractivity contribution in [1.82, 2.24) is 5.32 Å². The molecule has 1 aromatic rings. The lowest BCUT2D eigenvalue weighted by Gasteiger charge is -2.12. The lowest BCUT2D eigenvalue weighted by atomic mass is 10.2. The van der Waals surface area contributed by atoms with Gasteiger partial charge in [-0.2, -0.15) is 0 Å². The minimum Gasteiger partial charge on any atom is -0.491 e. The molecule has 0 unspecified atom stereocenters. The highest BCUT2D eigenvalue weighted by Gasteiger charge is 2.14. The van der Waals surface area contributed by atoms with Crippen LogP contribution in [0.1, 0.15) is 12.8 Å². The Morgan fingerprint density at radius 1 is 1.43 bits per heavy atom. The van der Waals surface area contributed by atoms with Crippen LogP contribution in [-0.2, 0) is 0 Å². The fourth-order valence-electron chi connectivity index (χ4n) is 1.65. The Morgan fingerprint density at radius 3 is 3.00 bits per heavy atom. The molecule has 2 nitrogen and oxygen atoms in total. The largest absolute Gasteiger partial charge is 0.491 e. The molecule has 1 fully saturated rings. The van der Waals surface area contributed by atoms with Crippen LogP contribution in [0.2, 0.25) is 0 Å². The molecule has 0 radical (unpaired) electrons. The SMILES string of the molecule is Ic1ccccc1OC[C@@H]1CCCN1. The number of rotatable bonds is 3. The van der Waals surface area contributed by atoms with Gasteiger partial charge >= 0.3 is 0 Å². The second-order valence-corrected chi connectivity index (χ2v) is 4.70. The zero-order chi connectivity index (χ0) is 9.80. The van der Waals surface area contributed by atoms with Crippen LogP contribution in [0.5, 0.6) is 5.75 Å². The van der Waals surface area contributed by atoms with Crippen molar-refractivity contribution in [3.63, 3.8) is 0 Å². The summed E-state index contributed by atoms with van der Waals surface area (Å²) in [6.07, 6.45) is 2.52. The smallest absolute Gasteiger partial charge is 0.132 e. The second-order valence-electron chi connectivity index (χ2n) is 3.53. The van der Waals surface area contributed by atoms with Crippen LogP contribution in [0, 0.1) is 3.57 Å². The molecule has 1 aliphatic heterocycles. The van der Waals surface area contributed by atoms with Gasteiger partial charge in [-0.05, 0) is 54.1 Å². The first kappa shape index (κ1) is 10.2. The van der Waals surface area contributed by atoms with Crippen LogP contribution < -0.4 is 10.1 Å². The van der Waals surface area contributed by atoms with Gasteiger partial charge in [0.05, 0.1) is 3.57 Å². The Morgan fingerprint density at radius 2 is 2.29 bits per heavy atom. The van der Waals surface area contributed by atoms with Gasteiger partial charge in [0.1, 0.15) is 12.4 Å². The van der Waals surface area contributed by atoms with Crippen LogP contribution in [0.15, 0.2) is 24.3 Å². The maximum Gasteiger partial charge on any atom is 0.132 e. The van der Waals surface area contributed by atoms with E-state index < -0.39 is 0 Å². The molecule has 0 bridgehead atoms. The van der Waals surface area contributed by atoms with E-state index in [1.165, 1.54) is 16.4 Å². The van der Waals surface area contributed by atoms with Gasteiger partial charge in [0, 0.05) is 6.04 Å². The van der Waals surface area contributed by atoms with Crippen molar-refractivity contribution in [3.8, 4) is 5.75 Å². The fraction of sp³-hybridized carbons (Fsp3) is 0.455. The molecule has 1 aliphatic rings.